The Kier molecular flexibility index (Phi) is 7.39. The van der Waals surface area contributed by atoms with Crippen LogP contribution in [0.15, 0.2) is 29.2 Å². The molecule has 25 heavy (non-hydrogen) atoms. The van der Waals surface area contributed by atoms with Gasteiger partial charge in [-0.1, -0.05) is 19.9 Å². The molecule has 0 aliphatic heterocycles. The van der Waals surface area contributed by atoms with Crippen LogP contribution in [0.2, 0.25) is 0 Å². The van der Waals surface area contributed by atoms with Gasteiger partial charge in [-0.2, -0.15) is 13.2 Å². The first-order chi connectivity index (χ1) is 11.5. The first kappa shape index (κ1) is 21.4. The third-order valence-corrected chi connectivity index (χ3v) is 4.70. The minimum Gasteiger partial charge on any atom is -0.351 e. The lowest BCUT2D eigenvalue weighted by molar-refractivity contribution is -0.137. The minimum atomic E-state index is -4.66. The molecule has 6 nitrogen and oxygen atoms in total. The minimum absolute atomic E-state index is 0.199. The zero-order chi connectivity index (χ0) is 19.3. The van der Waals surface area contributed by atoms with Crippen LogP contribution in [0, 0.1) is 5.92 Å². The molecule has 1 atom stereocenters. The van der Waals surface area contributed by atoms with E-state index in [0.717, 1.165) is 18.2 Å². The third-order valence-electron chi connectivity index (χ3n) is 3.30. The molecule has 4 N–H and O–H groups in total. The molecule has 1 unspecified atom stereocenters. The van der Waals surface area contributed by atoms with Crippen molar-refractivity contribution in [3.63, 3.8) is 0 Å². The van der Waals surface area contributed by atoms with Gasteiger partial charge in [0.15, 0.2) is 0 Å². The third kappa shape index (κ3) is 7.00. The molecule has 10 heteroatoms. The molecule has 1 aromatic carbocycles. The van der Waals surface area contributed by atoms with Gasteiger partial charge in [-0.15, -0.1) is 0 Å². The molecule has 0 aliphatic rings. The maximum Gasteiger partial charge on any atom is 0.416 e. The number of nitrogens with one attached hydrogen (secondary N) is 2. The van der Waals surface area contributed by atoms with Crippen LogP contribution in [-0.2, 0) is 21.0 Å². The van der Waals surface area contributed by atoms with Crippen molar-refractivity contribution >= 4 is 15.9 Å². The van der Waals surface area contributed by atoms with Crippen molar-refractivity contribution in [2.24, 2.45) is 11.7 Å². The van der Waals surface area contributed by atoms with Crippen LogP contribution >= 0.6 is 0 Å². The van der Waals surface area contributed by atoms with Crippen LogP contribution in [0.4, 0.5) is 13.2 Å². The van der Waals surface area contributed by atoms with Crippen LogP contribution in [0.3, 0.4) is 0 Å². The number of carbonyl (C=O) groups is 1. The van der Waals surface area contributed by atoms with E-state index < -0.39 is 39.1 Å². The van der Waals surface area contributed by atoms with Crippen molar-refractivity contribution in [1.82, 2.24) is 10.0 Å². The van der Waals surface area contributed by atoms with Gasteiger partial charge in [0.05, 0.1) is 17.0 Å². The smallest absolute Gasteiger partial charge is 0.351 e. The van der Waals surface area contributed by atoms with Crippen molar-refractivity contribution in [3.8, 4) is 0 Å². The molecule has 0 saturated heterocycles. The topological polar surface area (TPSA) is 101 Å². The summed E-state index contributed by atoms with van der Waals surface area (Å²) in [5.41, 5.74) is 4.46. The fourth-order valence-corrected chi connectivity index (χ4v) is 3.17. The van der Waals surface area contributed by atoms with Crippen molar-refractivity contribution in [3.05, 3.63) is 29.8 Å². The predicted molar refractivity (Wildman–Crippen MR) is 87.1 cm³/mol. The number of alkyl halides is 3. The summed E-state index contributed by atoms with van der Waals surface area (Å²) in [6.45, 7) is 3.51. The molecule has 1 amide bonds. The molecular formula is C15H22F3N3O3S. The number of carbonyl (C=O) groups excluding carboxylic acids is 1. The van der Waals surface area contributed by atoms with Gasteiger partial charge >= 0.3 is 6.18 Å². The number of rotatable bonds is 8. The molecule has 0 aliphatic carbocycles. The highest BCUT2D eigenvalue weighted by atomic mass is 32.2. The molecular weight excluding hydrogens is 359 g/mol. The Balaban J connectivity index is 2.74. The molecule has 0 saturated carbocycles. The second kappa shape index (κ2) is 8.63. The van der Waals surface area contributed by atoms with E-state index >= 15 is 0 Å². The molecule has 1 rings (SSSR count). The second-order valence-electron chi connectivity index (χ2n) is 5.98. The molecule has 0 aromatic heterocycles. The molecule has 1 aromatic rings. The monoisotopic (exact) mass is 381 g/mol. The number of amides is 1. The van der Waals surface area contributed by atoms with E-state index in [2.05, 4.69) is 5.32 Å². The number of benzene rings is 1. The van der Waals surface area contributed by atoms with Gasteiger partial charge in [0, 0.05) is 12.6 Å². The zero-order valence-corrected chi connectivity index (χ0v) is 14.7. The molecule has 0 spiro atoms. The zero-order valence-electron chi connectivity index (χ0n) is 13.9. The summed E-state index contributed by atoms with van der Waals surface area (Å²) >= 11 is 0. The number of nitrogens with two attached hydrogens (primary N) is 1. The fourth-order valence-electron chi connectivity index (χ4n) is 2.15. The van der Waals surface area contributed by atoms with Gasteiger partial charge in [0.25, 0.3) is 0 Å². The molecule has 142 valence electrons. The van der Waals surface area contributed by atoms with E-state index in [1.54, 1.807) is 0 Å². The van der Waals surface area contributed by atoms with Gasteiger partial charge in [-0.25, -0.2) is 13.1 Å². The van der Waals surface area contributed by atoms with Crippen LogP contribution in [0.5, 0.6) is 0 Å². The summed E-state index contributed by atoms with van der Waals surface area (Å²) < 4.78 is 64.1. The maximum atomic E-state index is 12.7. The van der Waals surface area contributed by atoms with Crippen molar-refractivity contribution < 1.29 is 26.4 Å². The number of sulfonamides is 1. The average molecular weight is 381 g/mol. The first-order valence-electron chi connectivity index (χ1n) is 7.62. The van der Waals surface area contributed by atoms with E-state index in [4.69, 9.17) is 5.73 Å². The normalized spacial score (nSPS) is 13.7. The van der Waals surface area contributed by atoms with Crippen molar-refractivity contribution in [1.29, 1.82) is 0 Å². The summed E-state index contributed by atoms with van der Waals surface area (Å²) in [5.74, 6) is -0.317. The summed E-state index contributed by atoms with van der Waals surface area (Å²) in [6.07, 6.45) is -4.03. The predicted octanol–water partition coefficient (Wildman–Crippen LogP) is 1.47. The summed E-state index contributed by atoms with van der Waals surface area (Å²) in [4.78, 5) is 11.3. The molecule has 0 heterocycles. The Morgan fingerprint density at radius 2 is 1.92 bits per heavy atom. The van der Waals surface area contributed by atoms with E-state index in [1.807, 2.05) is 18.6 Å². The highest BCUT2D eigenvalue weighted by Gasteiger charge is 2.31. The van der Waals surface area contributed by atoms with E-state index in [9.17, 15) is 26.4 Å². The lowest BCUT2D eigenvalue weighted by atomic mass is 10.0. The lowest BCUT2D eigenvalue weighted by Gasteiger charge is -2.19. The fraction of sp³-hybridized carbons (Fsp3) is 0.533. The van der Waals surface area contributed by atoms with Gasteiger partial charge in [0.1, 0.15) is 0 Å². The van der Waals surface area contributed by atoms with Crippen LogP contribution < -0.4 is 15.8 Å². The Morgan fingerprint density at radius 1 is 1.28 bits per heavy atom. The largest absolute Gasteiger partial charge is 0.416 e. The van der Waals surface area contributed by atoms with E-state index in [1.165, 1.54) is 0 Å². The van der Waals surface area contributed by atoms with Crippen molar-refractivity contribution in [2.75, 3.05) is 13.1 Å². The van der Waals surface area contributed by atoms with Gasteiger partial charge < -0.3 is 11.1 Å². The van der Waals surface area contributed by atoms with Gasteiger partial charge in [0.2, 0.25) is 15.9 Å². The molecule has 0 radical (unpaired) electrons. The highest BCUT2D eigenvalue weighted by molar-refractivity contribution is 7.89. The van der Waals surface area contributed by atoms with Crippen LogP contribution in [0.25, 0.3) is 0 Å². The summed E-state index contributed by atoms with van der Waals surface area (Å²) in [5, 5.41) is 2.59. The molecule has 0 bridgehead atoms. The summed E-state index contributed by atoms with van der Waals surface area (Å²) in [6, 6.07) is 3.00. The Labute approximate surface area is 145 Å². The Bertz CT molecular complexity index is 691. The number of halogens is 3. The van der Waals surface area contributed by atoms with E-state index in [0.29, 0.717) is 12.5 Å². The first-order valence-corrected chi connectivity index (χ1v) is 9.10. The maximum absolute atomic E-state index is 12.7. The van der Waals surface area contributed by atoms with Crippen LogP contribution in [-0.4, -0.2) is 33.5 Å². The average Bonchev–Trinajstić information content (AvgIpc) is 2.51. The van der Waals surface area contributed by atoms with Crippen molar-refractivity contribution in [2.45, 2.75) is 37.4 Å². The Morgan fingerprint density at radius 3 is 2.44 bits per heavy atom. The Hall–Kier alpha value is -1.65. The number of hydrogen-bond acceptors (Lipinski definition) is 4. The molecule has 0 fully saturated rings. The summed E-state index contributed by atoms with van der Waals surface area (Å²) in [7, 11) is -4.25. The van der Waals surface area contributed by atoms with E-state index in [-0.39, 0.29) is 18.5 Å². The van der Waals surface area contributed by atoms with Crippen LogP contribution in [0.1, 0.15) is 25.8 Å². The second-order valence-corrected chi connectivity index (χ2v) is 7.75. The lowest BCUT2D eigenvalue weighted by Crippen LogP contribution is -2.45. The highest BCUT2D eigenvalue weighted by Crippen LogP contribution is 2.30. The SMILES string of the molecule is CC(C)CC(CN)NC(=O)CNS(=O)(=O)c1cccc(C(F)(F)F)c1. The quantitative estimate of drug-likeness (QED) is 0.635. The van der Waals surface area contributed by atoms with Gasteiger partial charge in [-0.05, 0) is 30.5 Å². The standard InChI is InChI=1S/C15H22F3N3O3S/c1-10(2)6-12(8-19)21-14(22)9-20-25(23,24)13-5-3-4-11(7-13)15(16,17)18/h3-5,7,10,12,20H,6,8-9,19H2,1-2H3,(H,21,22). The number of hydrogen-bond donors (Lipinski definition) is 3. The van der Waals surface area contributed by atoms with Gasteiger partial charge in [-0.3, -0.25) is 4.79 Å².